The van der Waals surface area contributed by atoms with Crippen molar-refractivity contribution in [1.29, 1.82) is 0 Å². The van der Waals surface area contributed by atoms with E-state index in [1.54, 1.807) is 70.2 Å². The summed E-state index contributed by atoms with van der Waals surface area (Å²) < 4.78 is 0. The maximum atomic E-state index is 14.8. The van der Waals surface area contributed by atoms with Gasteiger partial charge in [0.25, 0.3) is 0 Å². The van der Waals surface area contributed by atoms with Gasteiger partial charge in [-0.25, -0.2) is 4.79 Å². The lowest BCUT2D eigenvalue weighted by Crippen LogP contribution is -2.61. The number of carboxylic acid groups (broad SMARTS) is 1. The van der Waals surface area contributed by atoms with Crippen LogP contribution >= 0.6 is 0 Å². The molecule has 0 spiro atoms. The molecule has 0 radical (unpaired) electrons. The lowest BCUT2D eigenvalue weighted by Gasteiger charge is -2.32. The number of amides is 10. The summed E-state index contributed by atoms with van der Waals surface area (Å²) in [6.45, 7) is 7.07. The van der Waals surface area contributed by atoms with Crippen LogP contribution in [0, 0.1) is 17.8 Å². The van der Waals surface area contributed by atoms with E-state index in [1.165, 1.54) is 17.0 Å². The second kappa shape index (κ2) is 44.3. The fourth-order valence-electron chi connectivity index (χ4n) is 11.2. The first-order chi connectivity index (χ1) is 48.1. The number of phenolic OH excluding ortho intramolecular Hbond substituents is 1. The highest BCUT2D eigenvalue weighted by Gasteiger charge is 2.41. The number of likely N-dealkylation sites (tertiary alicyclic amines) is 1. The highest BCUT2D eigenvalue weighted by atomic mass is 16.4. The molecule has 26 N–H and O–H groups in total. The Kier molecular flexibility index (Phi) is 36.7. The van der Waals surface area contributed by atoms with Crippen molar-refractivity contribution in [2.75, 3.05) is 52.4 Å². The Morgan fingerprint density at radius 2 is 1.04 bits per heavy atom. The van der Waals surface area contributed by atoms with Crippen molar-refractivity contribution >= 4 is 82.9 Å². The molecule has 1 heterocycles. The molecule has 101 heavy (non-hydrogen) atoms. The Bertz CT molecular complexity index is 3120. The van der Waals surface area contributed by atoms with Gasteiger partial charge in [-0.3, -0.25) is 62.9 Å². The third-order valence-corrected chi connectivity index (χ3v) is 17.1. The van der Waals surface area contributed by atoms with Crippen molar-refractivity contribution in [3.05, 3.63) is 65.7 Å². The highest BCUT2D eigenvalue weighted by molar-refractivity contribution is 5.99. The van der Waals surface area contributed by atoms with Crippen molar-refractivity contribution in [2.24, 2.45) is 72.9 Å². The topological polar surface area (TPSA) is 571 Å². The smallest absolute Gasteiger partial charge is 0.326 e. The first kappa shape index (κ1) is 83.6. The average Bonchev–Trinajstić information content (AvgIpc) is 1.51. The van der Waals surface area contributed by atoms with Gasteiger partial charge >= 0.3 is 5.97 Å². The predicted octanol–water partition coefficient (Wildman–Crippen LogP) is -3.37. The van der Waals surface area contributed by atoms with E-state index >= 15 is 0 Å². The number of nitrogens with one attached hydrogen (secondary N) is 10. The standard InChI is InChI=1S/C67H109N21O13/c1-5-40(4)55(62(98)84-47(20-13-31-77-67(73)74)63(99)88-32-14-21-52(88)61(97)85-48(64(100)101)17-9-10-28-68)87-58(94)46(19-12-30-76-66(71)72)82-57(93)45(18-11-29-75-65(69)70)83-59(95)50(33-39(2)3)86-60(96)51(35-41-15-7-6-8-16-41)81-54(91)38-79-53(90)37-80-56(92)49(78-36-43-22-23-43)34-42-24-26-44(89)27-25-42/h6-8,15-16,24-27,39-40,43,45-52,55,78,89H,5,9-14,17-23,28-38,68H2,1-4H3,(H,79,90)(H,80,92)(H,81,91)(H,82,93)(H,83,95)(H,84,98)(H,85,97)(H,86,96)(H,87,94)(H,100,101)(H4,69,70,75)(H4,71,72,76)(H4,73,74,77)/t40-,45-,46-,47-,48-,49-,50-,51-,52-,55-/m0/s1. The first-order valence-electron chi connectivity index (χ1n) is 34.7. The number of hydrogen-bond donors (Lipinski definition) is 19. The zero-order chi connectivity index (χ0) is 74.6. The normalized spacial score (nSPS) is 15.9. The summed E-state index contributed by atoms with van der Waals surface area (Å²) in [6.07, 6.45) is 4.41. The number of guanidine groups is 3. The monoisotopic (exact) mass is 1420 g/mol. The van der Waals surface area contributed by atoms with Crippen molar-refractivity contribution < 1.29 is 63.0 Å². The van der Waals surface area contributed by atoms with Crippen LogP contribution < -0.4 is 93.3 Å². The lowest BCUT2D eigenvalue weighted by atomic mass is 9.96. The number of rotatable bonds is 47. The number of nitrogens with zero attached hydrogens (tertiary/aromatic N) is 4. The van der Waals surface area contributed by atoms with Crippen LogP contribution in [0.1, 0.15) is 135 Å². The predicted molar refractivity (Wildman–Crippen MR) is 380 cm³/mol. The quantitative estimate of drug-likeness (QED) is 0.0175. The fraction of sp³-hybridized carbons (Fsp3) is 0.612. The third-order valence-electron chi connectivity index (χ3n) is 17.1. The number of hydrogen-bond acceptors (Lipinski definition) is 17. The number of phenols is 1. The molecule has 1 saturated heterocycles. The van der Waals surface area contributed by atoms with Crippen LogP contribution in [0.15, 0.2) is 69.6 Å². The average molecular weight is 1420 g/mol. The Labute approximate surface area is 589 Å². The maximum Gasteiger partial charge on any atom is 0.326 e. The van der Waals surface area contributed by atoms with Crippen molar-refractivity contribution in [3.63, 3.8) is 0 Å². The molecule has 34 nitrogen and oxygen atoms in total. The van der Waals surface area contributed by atoms with Gasteiger partial charge in [-0.1, -0.05) is 76.6 Å². The fourth-order valence-corrected chi connectivity index (χ4v) is 11.2. The van der Waals surface area contributed by atoms with Gasteiger partial charge in [0.2, 0.25) is 59.1 Å². The molecule has 10 amide bonds. The summed E-state index contributed by atoms with van der Waals surface area (Å²) in [5.74, 6) is -9.70. The number of carboxylic acids is 1. The summed E-state index contributed by atoms with van der Waals surface area (Å²) in [4.78, 5) is 167. The molecule has 2 fully saturated rings. The van der Waals surface area contributed by atoms with E-state index in [0.717, 1.165) is 18.4 Å². The molecule has 1 aliphatic carbocycles. The Hall–Kier alpha value is -9.86. The van der Waals surface area contributed by atoms with Gasteiger partial charge in [0.1, 0.15) is 54.1 Å². The van der Waals surface area contributed by atoms with Gasteiger partial charge in [-0.15, -0.1) is 0 Å². The molecule has 0 unspecified atom stereocenters. The van der Waals surface area contributed by atoms with Gasteiger partial charge in [0.15, 0.2) is 17.9 Å². The number of nitrogens with two attached hydrogens (primary N) is 7. The molecular weight excluding hydrogens is 1310 g/mol. The van der Waals surface area contributed by atoms with Gasteiger partial charge < -0.3 is 108 Å². The number of carbonyl (C=O) groups is 11. The minimum absolute atomic E-state index is 0.000229. The van der Waals surface area contributed by atoms with Crippen LogP contribution in [0.3, 0.4) is 0 Å². The number of carbonyl (C=O) groups excluding carboxylic acids is 10. The molecule has 1 saturated carbocycles. The maximum absolute atomic E-state index is 14.8. The van der Waals surface area contributed by atoms with Crippen LogP contribution in [0.2, 0.25) is 0 Å². The van der Waals surface area contributed by atoms with Crippen LogP contribution in [0.25, 0.3) is 0 Å². The van der Waals surface area contributed by atoms with Crippen molar-refractivity contribution in [1.82, 2.24) is 58.1 Å². The number of unbranched alkanes of at least 4 members (excludes halogenated alkanes) is 1. The zero-order valence-electron chi connectivity index (χ0n) is 58.5. The van der Waals surface area contributed by atoms with Crippen LogP contribution in [0.4, 0.5) is 0 Å². The largest absolute Gasteiger partial charge is 0.508 e. The van der Waals surface area contributed by atoms with E-state index < -0.39 is 138 Å². The van der Waals surface area contributed by atoms with E-state index in [9.17, 15) is 63.0 Å². The lowest BCUT2D eigenvalue weighted by molar-refractivity contribution is -0.145. The van der Waals surface area contributed by atoms with Crippen LogP contribution in [-0.4, -0.2) is 205 Å². The van der Waals surface area contributed by atoms with E-state index in [0.29, 0.717) is 50.3 Å². The van der Waals surface area contributed by atoms with Crippen LogP contribution in [0.5, 0.6) is 5.75 Å². The van der Waals surface area contributed by atoms with E-state index in [1.807, 2.05) is 0 Å². The minimum atomic E-state index is -1.44. The summed E-state index contributed by atoms with van der Waals surface area (Å²) in [5, 5.41) is 47.1. The highest BCUT2D eigenvalue weighted by Crippen LogP contribution is 2.28. The second-order valence-electron chi connectivity index (χ2n) is 26.0. The summed E-state index contributed by atoms with van der Waals surface area (Å²) in [5.41, 5.74) is 40.7. The molecule has 10 atom stereocenters. The van der Waals surface area contributed by atoms with Crippen LogP contribution in [-0.2, 0) is 65.6 Å². The molecule has 1 aliphatic heterocycles. The molecule has 560 valence electrons. The summed E-state index contributed by atoms with van der Waals surface area (Å²) >= 11 is 0. The number of aliphatic carboxylic acids is 1. The molecule has 0 aromatic heterocycles. The van der Waals surface area contributed by atoms with Gasteiger partial charge in [0.05, 0.1) is 19.1 Å². The zero-order valence-corrected chi connectivity index (χ0v) is 58.5. The van der Waals surface area contributed by atoms with E-state index in [4.69, 9.17) is 40.1 Å². The minimum Gasteiger partial charge on any atom is -0.508 e. The third kappa shape index (κ3) is 31.9. The Morgan fingerprint density at radius 1 is 0.535 bits per heavy atom. The van der Waals surface area contributed by atoms with Gasteiger partial charge in [-0.05, 0) is 150 Å². The van der Waals surface area contributed by atoms with E-state index in [-0.39, 0.29) is 126 Å². The number of benzene rings is 2. The number of aromatic hydroxyl groups is 1. The molecule has 4 rings (SSSR count). The first-order valence-corrected chi connectivity index (χ1v) is 34.7. The van der Waals surface area contributed by atoms with Crippen molar-refractivity contribution in [3.8, 4) is 5.75 Å². The summed E-state index contributed by atoms with van der Waals surface area (Å²) in [6, 6.07) is 3.91. The molecule has 0 bridgehead atoms. The molecule has 34 heteroatoms. The number of aliphatic imine (C=N–C) groups is 3. The molecule has 2 aliphatic rings. The van der Waals surface area contributed by atoms with Gasteiger partial charge in [-0.2, -0.15) is 0 Å². The summed E-state index contributed by atoms with van der Waals surface area (Å²) in [7, 11) is 0. The van der Waals surface area contributed by atoms with Crippen molar-refractivity contribution in [2.45, 2.75) is 191 Å². The Morgan fingerprint density at radius 3 is 1.58 bits per heavy atom. The molecule has 2 aromatic carbocycles. The SMILES string of the molecule is CC[C@H](C)[C@H](NC(=O)[C@H](CCCN=C(N)N)NC(=O)[C@H](CCCN=C(N)N)NC(=O)[C@H](CC(C)C)NC(=O)[C@H](Cc1ccccc1)NC(=O)CNC(=O)CNC(=O)[C@H](Cc1ccc(O)cc1)NCC1CC1)C(=O)N[C@@H](CCCN=C(N)N)C(=O)N1CCC[C@H]1C(=O)N[C@@H](CCCCN)C(=O)O. The van der Waals surface area contributed by atoms with E-state index in [2.05, 4.69) is 68.1 Å². The second-order valence-corrected chi connectivity index (χ2v) is 26.0. The molecule has 2 aromatic rings. The van der Waals surface area contributed by atoms with Gasteiger partial charge in [0, 0.05) is 32.6 Å². The molecular formula is C67H109N21O13. The Balaban J connectivity index is 1.57.